The first-order valence-electron chi connectivity index (χ1n) is 6.11. The summed E-state index contributed by atoms with van der Waals surface area (Å²) in [6, 6.07) is 12.6. The van der Waals surface area contributed by atoms with Crippen LogP contribution in [-0.2, 0) is 0 Å². The van der Waals surface area contributed by atoms with Crippen molar-refractivity contribution in [1.82, 2.24) is 0 Å². The van der Waals surface area contributed by atoms with Gasteiger partial charge in [0.2, 0.25) is 0 Å². The number of benzene rings is 2. The molecule has 2 rings (SSSR count). The van der Waals surface area contributed by atoms with Gasteiger partial charge >= 0.3 is 0 Å². The minimum Gasteiger partial charge on any atom is -0.497 e. The van der Waals surface area contributed by atoms with E-state index < -0.39 is 6.10 Å². The number of nitrogens with one attached hydrogen (secondary N) is 1. The summed E-state index contributed by atoms with van der Waals surface area (Å²) in [4.78, 5) is 0. The summed E-state index contributed by atoms with van der Waals surface area (Å²) in [5, 5.41) is 14.2. The van der Waals surface area contributed by atoms with Gasteiger partial charge in [-0.3, -0.25) is 0 Å². The monoisotopic (exact) mass is 311 g/mol. The Labute approximate surface area is 128 Å². The number of aliphatic hydroxyl groups excluding tert-OH is 1. The Balaban J connectivity index is 2.00. The van der Waals surface area contributed by atoms with Gasteiger partial charge in [-0.15, -0.1) is 0 Å². The highest BCUT2D eigenvalue weighted by atomic mass is 35.5. The molecule has 20 heavy (non-hydrogen) atoms. The first kappa shape index (κ1) is 15.0. The third kappa shape index (κ3) is 3.79. The number of aliphatic hydroxyl groups is 1. The second-order valence-electron chi connectivity index (χ2n) is 4.30. The van der Waals surface area contributed by atoms with Gasteiger partial charge < -0.3 is 15.2 Å². The van der Waals surface area contributed by atoms with Crippen LogP contribution in [0.5, 0.6) is 5.75 Å². The molecule has 0 aliphatic carbocycles. The molecule has 2 aromatic carbocycles. The molecule has 0 heterocycles. The highest BCUT2D eigenvalue weighted by Gasteiger charge is 2.08. The summed E-state index contributed by atoms with van der Waals surface area (Å²) < 4.78 is 5.13. The van der Waals surface area contributed by atoms with Crippen molar-refractivity contribution in [2.45, 2.75) is 6.10 Å². The first-order chi connectivity index (χ1) is 9.60. The fourth-order valence-electron chi connectivity index (χ4n) is 1.79. The number of ether oxygens (including phenoxy) is 1. The third-order valence-electron chi connectivity index (χ3n) is 2.90. The second-order valence-corrected chi connectivity index (χ2v) is 5.12. The molecule has 106 valence electrons. The van der Waals surface area contributed by atoms with Crippen LogP contribution in [0.3, 0.4) is 0 Å². The van der Waals surface area contributed by atoms with Crippen LogP contribution in [0.2, 0.25) is 10.0 Å². The first-order valence-corrected chi connectivity index (χ1v) is 6.86. The van der Waals surface area contributed by atoms with E-state index in [1.54, 1.807) is 25.3 Å². The van der Waals surface area contributed by atoms with E-state index in [-0.39, 0.29) is 0 Å². The van der Waals surface area contributed by atoms with Crippen LogP contribution in [-0.4, -0.2) is 18.8 Å². The predicted molar refractivity (Wildman–Crippen MR) is 82.9 cm³/mol. The lowest BCUT2D eigenvalue weighted by Gasteiger charge is -2.14. The Kier molecular flexibility index (Phi) is 5.12. The van der Waals surface area contributed by atoms with E-state index in [1.165, 1.54) is 0 Å². The Hall–Kier alpha value is -1.42. The van der Waals surface area contributed by atoms with Crippen molar-refractivity contribution in [3.8, 4) is 5.75 Å². The lowest BCUT2D eigenvalue weighted by Crippen LogP contribution is -2.12. The Bertz CT molecular complexity index is 590. The molecule has 0 radical (unpaired) electrons. The van der Waals surface area contributed by atoms with Crippen LogP contribution >= 0.6 is 23.2 Å². The van der Waals surface area contributed by atoms with Crippen molar-refractivity contribution in [3.63, 3.8) is 0 Å². The van der Waals surface area contributed by atoms with Gasteiger partial charge in [0.15, 0.2) is 0 Å². The van der Waals surface area contributed by atoms with Crippen molar-refractivity contribution in [2.75, 3.05) is 19.0 Å². The van der Waals surface area contributed by atoms with Gasteiger partial charge in [0, 0.05) is 12.2 Å². The third-order valence-corrected chi connectivity index (χ3v) is 3.64. The molecule has 1 atom stereocenters. The van der Waals surface area contributed by atoms with Crippen LogP contribution in [0.4, 0.5) is 5.69 Å². The van der Waals surface area contributed by atoms with Crippen molar-refractivity contribution in [1.29, 1.82) is 0 Å². The second kappa shape index (κ2) is 6.84. The van der Waals surface area contributed by atoms with Gasteiger partial charge in [-0.25, -0.2) is 0 Å². The van der Waals surface area contributed by atoms with Gasteiger partial charge in [-0.2, -0.15) is 0 Å². The number of hydrogen-bond acceptors (Lipinski definition) is 3. The zero-order chi connectivity index (χ0) is 14.5. The maximum absolute atomic E-state index is 10.1. The Morgan fingerprint density at radius 1 is 1.15 bits per heavy atom. The zero-order valence-corrected chi connectivity index (χ0v) is 12.4. The number of rotatable bonds is 5. The maximum atomic E-state index is 10.1. The minimum absolute atomic E-state index is 0.366. The summed E-state index contributed by atoms with van der Waals surface area (Å²) in [5.74, 6) is 0.719. The van der Waals surface area contributed by atoms with Crippen LogP contribution in [0, 0.1) is 0 Å². The molecule has 5 heteroatoms. The molecule has 0 bridgehead atoms. The molecule has 0 saturated carbocycles. The highest BCUT2D eigenvalue weighted by molar-refractivity contribution is 6.42. The Morgan fingerprint density at radius 3 is 2.65 bits per heavy atom. The SMILES string of the molecule is COc1cccc(C(O)CNc2ccc(Cl)c(Cl)c2)c1. The van der Waals surface area contributed by atoms with Crippen molar-refractivity contribution in [3.05, 3.63) is 58.1 Å². The molecule has 2 aromatic rings. The fraction of sp³-hybridized carbons (Fsp3) is 0.200. The normalized spacial score (nSPS) is 12.0. The quantitative estimate of drug-likeness (QED) is 0.871. The minimum atomic E-state index is -0.639. The smallest absolute Gasteiger partial charge is 0.119 e. The summed E-state index contributed by atoms with van der Waals surface area (Å²) in [5.41, 5.74) is 1.60. The van der Waals surface area contributed by atoms with E-state index in [0.717, 1.165) is 17.0 Å². The molecular formula is C15H15Cl2NO2. The molecule has 0 spiro atoms. The van der Waals surface area contributed by atoms with Crippen molar-refractivity contribution < 1.29 is 9.84 Å². The predicted octanol–water partition coefficient (Wildman–Crippen LogP) is 4.15. The van der Waals surface area contributed by atoms with Crippen LogP contribution < -0.4 is 10.1 Å². The van der Waals surface area contributed by atoms with Crippen molar-refractivity contribution >= 4 is 28.9 Å². The summed E-state index contributed by atoms with van der Waals surface area (Å²) in [7, 11) is 1.60. The lowest BCUT2D eigenvalue weighted by molar-refractivity contribution is 0.191. The van der Waals surface area contributed by atoms with Gasteiger partial charge in [0.25, 0.3) is 0 Å². The molecular weight excluding hydrogens is 297 g/mol. The van der Waals surface area contributed by atoms with E-state index in [2.05, 4.69) is 5.32 Å². The largest absolute Gasteiger partial charge is 0.497 e. The van der Waals surface area contributed by atoms with Crippen LogP contribution in [0.1, 0.15) is 11.7 Å². The van der Waals surface area contributed by atoms with E-state index in [0.29, 0.717) is 16.6 Å². The molecule has 0 amide bonds. The van der Waals surface area contributed by atoms with E-state index >= 15 is 0 Å². The molecule has 2 N–H and O–H groups in total. The van der Waals surface area contributed by atoms with Gasteiger partial charge in [0.05, 0.1) is 23.3 Å². The molecule has 0 aliphatic rings. The molecule has 0 aromatic heterocycles. The van der Waals surface area contributed by atoms with Crippen molar-refractivity contribution in [2.24, 2.45) is 0 Å². The fourth-order valence-corrected chi connectivity index (χ4v) is 2.09. The topological polar surface area (TPSA) is 41.5 Å². The summed E-state index contributed by atoms with van der Waals surface area (Å²) in [6.07, 6.45) is -0.639. The molecule has 0 fully saturated rings. The average Bonchev–Trinajstić information content (AvgIpc) is 2.48. The van der Waals surface area contributed by atoms with Crippen LogP contribution in [0.15, 0.2) is 42.5 Å². The van der Waals surface area contributed by atoms with E-state index in [4.69, 9.17) is 27.9 Å². The highest BCUT2D eigenvalue weighted by Crippen LogP contribution is 2.26. The number of methoxy groups -OCH3 is 1. The molecule has 3 nitrogen and oxygen atoms in total. The lowest BCUT2D eigenvalue weighted by atomic mass is 10.1. The van der Waals surface area contributed by atoms with E-state index in [1.807, 2.05) is 24.3 Å². The number of hydrogen-bond donors (Lipinski definition) is 2. The van der Waals surface area contributed by atoms with Gasteiger partial charge in [-0.05, 0) is 35.9 Å². The molecule has 0 aliphatic heterocycles. The molecule has 1 unspecified atom stereocenters. The Morgan fingerprint density at radius 2 is 1.95 bits per heavy atom. The van der Waals surface area contributed by atoms with Crippen LogP contribution in [0.25, 0.3) is 0 Å². The molecule has 0 saturated heterocycles. The number of anilines is 1. The van der Waals surface area contributed by atoms with Gasteiger partial charge in [0.1, 0.15) is 5.75 Å². The zero-order valence-electron chi connectivity index (χ0n) is 10.9. The summed E-state index contributed by atoms with van der Waals surface area (Å²) in [6.45, 7) is 0.366. The number of halogens is 2. The summed E-state index contributed by atoms with van der Waals surface area (Å²) >= 11 is 11.8. The maximum Gasteiger partial charge on any atom is 0.119 e. The van der Waals surface area contributed by atoms with Gasteiger partial charge in [-0.1, -0.05) is 35.3 Å². The standard InChI is InChI=1S/C15H15Cl2NO2/c1-20-12-4-2-3-10(7-12)15(19)9-18-11-5-6-13(16)14(17)8-11/h2-8,15,18-19H,9H2,1H3. The van der Waals surface area contributed by atoms with E-state index in [9.17, 15) is 5.11 Å². The average molecular weight is 312 g/mol.